The van der Waals surface area contributed by atoms with E-state index < -0.39 is 0 Å². The van der Waals surface area contributed by atoms with Crippen LogP contribution >= 0.6 is 15.9 Å². The minimum absolute atomic E-state index is 0.0200. The van der Waals surface area contributed by atoms with Crippen LogP contribution in [0.3, 0.4) is 0 Å². The third kappa shape index (κ3) is 3.38. The number of halogens is 2. The van der Waals surface area contributed by atoms with Gasteiger partial charge in [0.1, 0.15) is 5.82 Å². The molecule has 1 amide bonds. The first-order valence-corrected chi connectivity index (χ1v) is 7.80. The summed E-state index contributed by atoms with van der Waals surface area (Å²) in [5.41, 5.74) is 0.156. The Labute approximate surface area is 127 Å². The average molecular weight is 343 g/mol. The van der Waals surface area contributed by atoms with Crippen molar-refractivity contribution in [2.24, 2.45) is 5.41 Å². The van der Waals surface area contributed by atoms with Crippen molar-refractivity contribution in [2.45, 2.75) is 32.7 Å². The van der Waals surface area contributed by atoms with E-state index in [1.54, 1.807) is 12.1 Å². The molecular weight excluding hydrogens is 323 g/mol. The maximum Gasteiger partial charge on any atom is 0.227 e. The van der Waals surface area contributed by atoms with Gasteiger partial charge in [0, 0.05) is 23.1 Å². The van der Waals surface area contributed by atoms with Crippen molar-refractivity contribution < 1.29 is 9.18 Å². The highest BCUT2D eigenvalue weighted by Crippen LogP contribution is 2.30. The summed E-state index contributed by atoms with van der Waals surface area (Å²) >= 11 is 3.31. The zero-order chi connectivity index (χ0) is 14.6. The molecule has 0 spiro atoms. The first kappa shape index (κ1) is 15.4. The molecule has 0 radical (unpaired) electrons. The molecule has 1 heterocycles. The van der Waals surface area contributed by atoms with Gasteiger partial charge in [-0.25, -0.2) is 4.39 Å². The lowest BCUT2D eigenvalue weighted by atomic mass is 9.77. The fourth-order valence-corrected chi connectivity index (χ4v) is 3.07. The van der Waals surface area contributed by atoms with Gasteiger partial charge in [0.25, 0.3) is 0 Å². The van der Waals surface area contributed by atoms with Gasteiger partial charge in [0.05, 0.1) is 5.41 Å². The third-order valence-corrected chi connectivity index (χ3v) is 4.57. The third-order valence-electron chi connectivity index (χ3n) is 4.08. The van der Waals surface area contributed by atoms with E-state index in [0.717, 1.165) is 30.3 Å². The van der Waals surface area contributed by atoms with Crippen LogP contribution in [0.15, 0.2) is 22.7 Å². The van der Waals surface area contributed by atoms with E-state index in [4.69, 9.17) is 0 Å². The number of rotatable bonds is 4. The van der Waals surface area contributed by atoms with E-state index in [2.05, 4.69) is 26.6 Å². The monoisotopic (exact) mass is 342 g/mol. The van der Waals surface area contributed by atoms with Crippen LogP contribution in [0.4, 0.5) is 4.39 Å². The Morgan fingerprint density at radius 1 is 1.55 bits per heavy atom. The minimum Gasteiger partial charge on any atom is -0.351 e. The molecule has 110 valence electrons. The molecule has 1 aliphatic heterocycles. The van der Waals surface area contributed by atoms with Gasteiger partial charge >= 0.3 is 0 Å². The number of piperidine rings is 1. The van der Waals surface area contributed by atoms with Gasteiger partial charge in [0.2, 0.25) is 5.91 Å². The van der Waals surface area contributed by atoms with Crippen molar-refractivity contribution in [1.82, 2.24) is 10.6 Å². The second kappa shape index (κ2) is 6.68. The van der Waals surface area contributed by atoms with E-state index in [1.807, 2.05) is 6.92 Å². The molecule has 0 aromatic heterocycles. The van der Waals surface area contributed by atoms with Crippen LogP contribution in [-0.4, -0.2) is 19.0 Å². The highest BCUT2D eigenvalue weighted by molar-refractivity contribution is 9.10. The largest absolute Gasteiger partial charge is 0.351 e. The molecule has 5 heteroatoms. The van der Waals surface area contributed by atoms with Crippen LogP contribution in [0.1, 0.15) is 31.7 Å². The van der Waals surface area contributed by atoms with Crippen LogP contribution in [0.25, 0.3) is 0 Å². The lowest BCUT2D eigenvalue weighted by molar-refractivity contribution is -0.132. The van der Waals surface area contributed by atoms with E-state index in [9.17, 15) is 9.18 Å². The molecule has 2 N–H and O–H groups in total. The minimum atomic E-state index is -0.346. The second-order valence-corrected chi connectivity index (χ2v) is 6.25. The molecule has 20 heavy (non-hydrogen) atoms. The highest BCUT2D eigenvalue weighted by Gasteiger charge is 2.37. The van der Waals surface area contributed by atoms with Gasteiger partial charge in [0.15, 0.2) is 0 Å². The number of nitrogens with one attached hydrogen (secondary N) is 2. The van der Waals surface area contributed by atoms with Crippen molar-refractivity contribution in [3.05, 3.63) is 34.1 Å². The van der Waals surface area contributed by atoms with Crippen LogP contribution in [0.5, 0.6) is 0 Å². The lowest BCUT2D eigenvalue weighted by Gasteiger charge is -2.35. The van der Waals surface area contributed by atoms with Crippen LogP contribution < -0.4 is 10.6 Å². The number of hydrogen-bond acceptors (Lipinski definition) is 2. The number of amides is 1. The smallest absolute Gasteiger partial charge is 0.227 e. The SMILES string of the molecule is CCC1(C(=O)NCc2cc(Br)ccc2F)CCCNC1. The summed E-state index contributed by atoms with van der Waals surface area (Å²) in [4.78, 5) is 12.4. The number of carbonyl (C=O) groups excluding carboxylic acids is 1. The number of benzene rings is 1. The zero-order valence-electron chi connectivity index (χ0n) is 11.6. The maximum absolute atomic E-state index is 13.7. The summed E-state index contributed by atoms with van der Waals surface area (Å²) in [6.45, 7) is 3.93. The number of hydrogen-bond donors (Lipinski definition) is 2. The quantitative estimate of drug-likeness (QED) is 0.883. The van der Waals surface area contributed by atoms with Gasteiger partial charge < -0.3 is 10.6 Å². The van der Waals surface area contributed by atoms with Crippen LogP contribution in [0, 0.1) is 11.2 Å². The standard InChI is InChI=1S/C15H20BrFN2O/c1-2-15(6-3-7-18-10-15)14(20)19-9-11-8-12(16)4-5-13(11)17/h4-5,8,18H,2-3,6-7,9-10H2,1H3,(H,19,20). The summed E-state index contributed by atoms with van der Waals surface area (Å²) in [5, 5.41) is 6.17. The summed E-state index contributed by atoms with van der Waals surface area (Å²) < 4.78 is 14.5. The van der Waals surface area contributed by atoms with Crippen LogP contribution in [-0.2, 0) is 11.3 Å². The Hall–Kier alpha value is -0.940. The van der Waals surface area contributed by atoms with Gasteiger partial charge in [-0.2, -0.15) is 0 Å². The molecule has 2 rings (SSSR count). The fourth-order valence-electron chi connectivity index (χ4n) is 2.67. The molecular formula is C15H20BrFN2O. The first-order valence-electron chi connectivity index (χ1n) is 7.00. The van der Waals surface area contributed by atoms with Crippen molar-refractivity contribution >= 4 is 21.8 Å². The van der Waals surface area contributed by atoms with Gasteiger partial charge in [-0.3, -0.25) is 4.79 Å². The Morgan fingerprint density at radius 2 is 2.35 bits per heavy atom. The predicted molar refractivity (Wildman–Crippen MR) is 80.8 cm³/mol. The average Bonchev–Trinajstić information content (AvgIpc) is 2.48. The Balaban J connectivity index is 2.02. The lowest BCUT2D eigenvalue weighted by Crippen LogP contribution is -2.50. The molecule has 1 fully saturated rings. The molecule has 1 aromatic carbocycles. The van der Waals surface area contributed by atoms with E-state index in [1.165, 1.54) is 6.07 Å². The van der Waals surface area contributed by atoms with Crippen molar-refractivity contribution in [1.29, 1.82) is 0 Å². The molecule has 1 saturated heterocycles. The molecule has 1 unspecified atom stereocenters. The van der Waals surface area contributed by atoms with Crippen molar-refractivity contribution in [3.63, 3.8) is 0 Å². The molecule has 1 atom stereocenters. The predicted octanol–water partition coefficient (Wildman–Crippen LogP) is 2.98. The highest BCUT2D eigenvalue weighted by atomic mass is 79.9. The normalized spacial score (nSPS) is 22.6. The fraction of sp³-hybridized carbons (Fsp3) is 0.533. The van der Waals surface area contributed by atoms with Gasteiger partial charge in [-0.15, -0.1) is 0 Å². The summed E-state index contributed by atoms with van der Waals surface area (Å²) in [6, 6.07) is 4.76. The molecule has 1 aliphatic rings. The Bertz CT molecular complexity index is 487. The zero-order valence-corrected chi connectivity index (χ0v) is 13.2. The summed E-state index contributed by atoms with van der Waals surface area (Å²) in [6.07, 6.45) is 2.70. The second-order valence-electron chi connectivity index (χ2n) is 5.33. The summed E-state index contributed by atoms with van der Waals surface area (Å²) in [7, 11) is 0. The van der Waals surface area contributed by atoms with Crippen molar-refractivity contribution in [2.75, 3.05) is 13.1 Å². The number of carbonyl (C=O) groups is 1. The van der Waals surface area contributed by atoms with Crippen LogP contribution in [0.2, 0.25) is 0 Å². The van der Waals surface area contributed by atoms with E-state index >= 15 is 0 Å². The molecule has 0 bridgehead atoms. The Kier molecular flexibility index (Phi) is 5.16. The van der Waals surface area contributed by atoms with Crippen molar-refractivity contribution in [3.8, 4) is 0 Å². The van der Waals surface area contributed by atoms with Gasteiger partial charge in [-0.05, 0) is 44.0 Å². The molecule has 3 nitrogen and oxygen atoms in total. The van der Waals surface area contributed by atoms with E-state index in [-0.39, 0.29) is 23.7 Å². The maximum atomic E-state index is 13.7. The summed E-state index contributed by atoms with van der Waals surface area (Å²) in [5.74, 6) is -0.271. The van der Waals surface area contributed by atoms with E-state index in [0.29, 0.717) is 12.1 Å². The Morgan fingerprint density at radius 3 is 3.00 bits per heavy atom. The molecule has 0 saturated carbocycles. The molecule has 0 aliphatic carbocycles. The topological polar surface area (TPSA) is 41.1 Å². The molecule has 1 aromatic rings. The van der Waals surface area contributed by atoms with Gasteiger partial charge in [-0.1, -0.05) is 22.9 Å². The first-order chi connectivity index (χ1) is 9.57.